The Morgan fingerprint density at radius 3 is 2.50 bits per heavy atom. The number of urea groups is 1. The Balaban J connectivity index is 2.43. The van der Waals surface area contributed by atoms with Gasteiger partial charge in [0.05, 0.1) is 10.7 Å². The van der Waals surface area contributed by atoms with Gasteiger partial charge in [-0.3, -0.25) is 14.9 Å². The average molecular weight is 299 g/mol. The Labute approximate surface area is 119 Å². The van der Waals surface area contributed by atoms with E-state index in [-0.39, 0.29) is 16.6 Å². The minimum Gasteiger partial charge on any atom is -0.277 e. The van der Waals surface area contributed by atoms with E-state index in [4.69, 9.17) is 11.6 Å². The maximum Gasteiger partial charge on any atom is 0.335 e. The molecule has 1 saturated heterocycles. The third kappa shape index (κ3) is 2.38. The zero-order valence-corrected chi connectivity index (χ0v) is 11.6. The quantitative estimate of drug-likeness (QED) is 0.852. The third-order valence-corrected chi connectivity index (χ3v) is 3.34. The molecule has 20 heavy (non-hydrogen) atoms. The molecule has 0 aliphatic carbocycles. The van der Waals surface area contributed by atoms with Crippen molar-refractivity contribution in [2.24, 2.45) is 11.8 Å². The van der Waals surface area contributed by atoms with Crippen LogP contribution in [0.2, 0.25) is 5.02 Å². The molecule has 1 aliphatic rings. The first-order chi connectivity index (χ1) is 9.32. The lowest BCUT2D eigenvalue weighted by atomic mass is 9.92. The highest BCUT2D eigenvalue weighted by molar-refractivity contribution is 6.31. The van der Waals surface area contributed by atoms with Gasteiger partial charge in [0, 0.05) is 0 Å². The fourth-order valence-electron chi connectivity index (χ4n) is 2.05. The number of carbonyl (C=O) groups is 3. The van der Waals surface area contributed by atoms with Crippen LogP contribution in [0.5, 0.6) is 0 Å². The SMILES string of the molecule is CC(C)C1C(=O)NC(=O)N(c2ccc(Cl)c(F)c2)C1=O. The summed E-state index contributed by atoms with van der Waals surface area (Å²) in [5, 5.41) is 1.98. The molecule has 1 aliphatic heterocycles. The molecular formula is C13H12ClFN2O3. The van der Waals surface area contributed by atoms with Crippen LogP contribution in [0.3, 0.4) is 0 Å². The normalized spacial score (nSPS) is 19.6. The van der Waals surface area contributed by atoms with Gasteiger partial charge in [0.1, 0.15) is 11.7 Å². The molecule has 5 nitrogen and oxygen atoms in total. The molecule has 1 aromatic carbocycles. The van der Waals surface area contributed by atoms with Gasteiger partial charge in [-0.25, -0.2) is 14.1 Å². The minimum absolute atomic E-state index is 0.0348. The van der Waals surface area contributed by atoms with Crippen molar-refractivity contribution in [3.05, 3.63) is 29.0 Å². The van der Waals surface area contributed by atoms with Crippen LogP contribution in [0.15, 0.2) is 18.2 Å². The maximum absolute atomic E-state index is 13.5. The summed E-state index contributed by atoms with van der Waals surface area (Å²) in [4.78, 5) is 36.5. The Morgan fingerprint density at radius 1 is 1.30 bits per heavy atom. The van der Waals surface area contributed by atoms with Crippen molar-refractivity contribution in [1.29, 1.82) is 0 Å². The molecule has 1 heterocycles. The number of amides is 4. The largest absolute Gasteiger partial charge is 0.335 e. The molecule has 0 aromatic heterocycles. The molecule has 0 radical (unpaired) electrons. The number of benzene rings is 1. The third-order valence-electron chi connectivity index (χ3n) is 3.03. The predicted octanol–water partition coefficient (Wildman–Crippen LogP) is 2.33. The van der Waals surface area contributed by atoms with Crippen LogP contribution in [0.1, 0.15) is 13.8 Å². The van der Waals surface area contributed by atoms with Crippen molar-refractivity contribution in [2.75, 3.05) is 4.90 Å². The van der Waals surface area contributed by atoms with E-state index in [0.29, 0.717) is 0 Å². The highest BCUT2D eigenvalue weighted by Crippen LogP contribution is 2.27. The molecular weight excluding hydrogens is 287 g/mol. The molecule has 2 rings (SSSR count). The maximum atomic E-state index is 13.5. The zero-order valence-electron chi connectivity index (χ0n) is 10.8. The Kier molecular flexibility index (Phi) is 3.76. The lowest BCUT2D eigenvalue weighted by Gasteiger charge is -2.31. The van der Waals surface area contributed by atoms with Gasteiger partial charge < -0.3 is 0 Å². The number of anilines is 1. The molecule has 7 heteroatoms. The van der Waals surface area contributed by atoms with Crippen LogP contribution < -0.4 is 10.2 Å². The van der Waals surface area contributed by atoms with Crippen molar-refractivity contribution >= 4 is 35.1 Å². The van der Waals surface area contributed by atoms with Gasteiger partial charge in [0.15, 0.2) is 0 Å². The van der Waals surface area contributed by atoms with Crippen LogP contribution in [-0.2, 0) is 9.59 Å². The van der Waals surface area contributed by atoms with Gasteiger partial charge in [-0.05, 0) is 24.1 Å². The van der Waals surface area contributed by atoms with Crippen LogP contribution in [0, 0.1) is 17.7 Å². The van der Waals surface area contributed by atoms with Crippen LogP contribution >= 0.6 is 11.6 Å². The van der Waals surface area contributed by atoms with E-state index >= 15 is 0 Å². The monoisotopic (exact) mass is 298 g/mol. The Bertz CT molecular complexity index is 603. The number of nitrogens with zero attached hydrogens (tertiary/aromatic N) is 1. The predicted molar refractivity (Wildman–Crippen MR) is 70.8 cm³/mol. The van der Waals surface area contributed by atoms with E-state index < -0.39 is 29.6 Å². The molecule has 1 atom stereocenters. The van der Waals surface area contributed by atoms with Gasteiger partial charge in [-0.15, -0.1) is 0 Å². The van der Waals surface area contributed by atoms with Crippen LogP contribution in [-0.4, -0.2) is 17.8 Å². The number of hydrogen-bond acceptors (Lipinski definition) is 3. The smallest absolute Gasteiger partial charge is 0.277 e. The van der Waals surface area contributed by atoms with Crippen LogP contribution in [0.25, 0.3) is 0 Å². The minimum atomic E-state index is -0.980. The first kappa shape index (κ1) is 14.5. The van der Waals surface area contributed by atoms with Gasteiger partial charge >= 0.3 is 6.03 Å². The van der Waals surface area contributed by atoms with Crippen molar-refractivity contribution in [1.82, 2.24) is 5.32 Å². The Hall–Kier alpha value is -1.95. The van der Waals surface area contributed by atoms with Gasteiger partial charge in [0.25, 0.3) is 0 Å². The molecule has 4 amide bonds. The lowest BCUT2D eigenvalue weighted by molar-refractivity contribution is -0.136. The fourth-order valence-corrected chi connectivity index (χ4v) is 2.16. The molecule has 106 valence electrons. The second kappa shape index (κ2) is 5.20. The van der Waals surface area contributed by atoms with Crippen molar-refractivity contribution in [3.8, 4) is 0 Å². The van der Waals surface area contributed by atoms with Crippen molar-refractivity contribution in [3.63, 3.8) is 0 Å². The van der Waals surface area contributed by atoms with E-state index in [1.165, 1.54) is 12.1 Å². The number of rotatable bonds is 2. The summed E-state index contributed by atoms with van der Waals surface area (Å²) in [5.74, 6) is -3.32. The molecule has 0 spiro atoms. The summed E-state index contributed by atoms with van der Waals surface area (Å²) < 4.78 is 13.5. The van der Waals surface area contributed by atoms with Crippen LogP contribution in [0.4, 0.5) is 14.9 Å². The Morgan fingerprint density at radius 2 is 1.95 bits per heavy atom. The lowest BCUT2D eigenvalue weighted by Crippen LogP contribution is -2.59. The molecule has 0 saturated carbocycles. The summed E-state index contributed by atoms with van der Waals surface area (Å²) in [7, 11) is 0. The van der Waals surface area contributed by atoms with Crippen molar-refractivity contribution in [2.45, 2.75) is 13.8 Å². The van der Waals surface area contributed by atoms with E-state index in [1.54, 1.807) is 13.8 Å². The highest BCUT2D eigenvalue weighted by Gasteiger charge is 2.42. The first-order valence-electron chi connectivity index (χ1n) is 5.96. The topological polar surface area (TPSA) is 66.5 Å². The summed E-state index contributed by atoms with van der Waals surface area (Å²) in [6.07, 6.45) is 0. The summed E-state index contributed by atoms with van der Waals surface area (Å²) in [6, 6.07) is 2.68. The molecule has 0 bridgehead atoms. The molecule has 1 unspecified atom stereocenters. The molecule has 1 fully saturated rings. The summed E-state index contributed by atoms with van der Waals surface area (Å²) >= 11 is 5.56. The standard InChI is InChI=1S/C13H12ClFN2O3/c1-6(2)10-11(18)16-13(20)17(12(10)19)7-3-4-8(14)9(15)5-7/h3-6,10H,1-2H3,(H,16,18,20). The second-order valence-electron chi connectivity index (χ2n) is 4.79. The fraction of sp³-hybridized carbons (Fsp3) is 0.308. The number of imide groups is 2. The van der Waals surface area contributed by atoms with Gasteiger partial charge in [-0.2, -0.15) is 0 Å². The molecule has 1 aromatic rings. The van der Waals surface area contributed by atoms with E-state index in [0.717, 1.165) is 11.0 Å². The van der Waals surface area contributed by atoms with E-state index in [1.807, 2.05) is 0 Å². The van der Waals surface area contributed by atoms with Gasteiger partial charge in [-0.1, -0.05) is 25.4 Å². The second-order valence-corrected chi connectivity index (χ2v) is 5.20. The summed E-state index contributed by atoms with van der Waals surface area (Å²) in [5.41, 5.74) is 0.0348. The number of barbiturate groups is 1. The number of carbonyl (C=O) groups excluding carboxylic acids is 3. The average Bonchev–Trinajstić information content (AvgIpc) is 2.32. The number of halogens is 2. The van der Waals surface area contributed by atoms with Crippen molar-refractivity contribution < 1.29 is 18.8 Å². The van der Waals surface area contributed by atoms with Gasteiger partial charge in [0.2, 0.25) is 11.8 Å². The van der Waals surface area contributed by atoms with E-state index in [2.05, 4.69) is 5.32 Å². The van der Waals surface area contributed by atoms with E-state index in [9.17, 15) is 18.8 Å². The highest BCUT2D eigenvalue weighted by atomic mass is 35.5. The first-order valence-corrected chi connectivity index (χ1v) is 6.34. The molecule has 1 N–H and O–H groups in total. The number of hydrogen-bond donors (Lipinski definition) is 1. The number of nitrogens with one attached hydrogen (secondary N) is 1. The summed E-state index contributed by atoms with van der Waals surface area (Å²) in [6.45, 7) is 3.39. The zero-order chi connectivity index (χ0) is 15.0.